The van der Waals surface area contributed by atoms with Crippen LogP contribution in [0.15, 0.2) is 30.3 Å². The topological polar surface area (TPSA) is 49.8 Å². The summed E-state index contributed by atoms with van der Waals surface area (Å²) in [6, 6.07) is 9.87. The van der Waals surface area contributed by atoms with Crippen molar-refractivity contribution in [3.63, 3.8) is 0 Å². The first-order valence-corrected chi connectivity index (χ1v) is 7.56. The Labute approximate surface area is 126 Å². The second-order valence-electron chi connectivity index (χ2n) is 6.63. The van der Waals surface area contributed by atoms with Gasteiger partial charge in [0.25, 0.3) is 0 Å². The number of carbonyl (C=O) groups is 1. The normalized spacial score (nSPS) is 23.0. The van der Waals surface area contributed by atoms with Crippen LogP contribution < -0.4 is 0 Å². The summed E-state index contributed by atoms with van der Waals surface area (Å²) in [7, 11) is 0. The highest BCUT2D eigenvalue weighted by atomic mass is 16.6. The van der Waals surface area contributed by atoms with Crippen molar-refractivity contribution in [3.05, 3.63) is 35.9 Å². The standard InChI is InChI=1S/C17H25NO3/c1-16(2,3)18-12-11-17(10-7-13-19,21-15(18)20)14-8-5-4-6-9-14/h4-6,8-9,19H,7,10-13H2,1-3H3. The number of amides is 1. The third-order valence-corrected chi connectivity index (χ3v) is 4.09. The molecule has 2 rings (SSSR count). The Hall–Kier alpha value is -1.55. The van der Waals surface area contributed by atoms with Gasteiger partial charge in [-0.15, -0.1) is 0 Å². The van der Waals surface area contributed by atoms with Crippen LogP contribution in [0.25, 0.3) is 0 Å². The Morgan fingerprint density at radius 3 is 2.48 bits per heavy atom. The van der Waals surface area contributed by atoms with Gasteiger partial charge in [-0.05, 0) is 39.2 Å². The van der Waals surface area contributed by atoms with Gasteiger partial charge in [0, 0.05) is 25.1 Å². The summed E-state index contributed by atoms with van der Waals surface area (Å²) >= 11 is 0. The van der Waals surface area contributed by atoms with E-state index in [0.29, 0.717) is 19.4 Å². The van der Waals surface area contributed by atoms with Gasteiger partial charge in [0.1, 0.15) is 5.60 Å². The van der Waals surface area contributed by atoms with Gasteiger partial charge in [-0.25, -0.2) is 4.79 Å². The lowest BCUT2D eigenvalue weighted by molar-refractivity contribution is -0.0769. The number of carbonyl (C=O) groups excluding carboxylic acids is 1. The Balaban J connectivity index is 2.26. The molecule has 1 aliphatic heterocycles. The Morgan fingerprint density at radius 2 is 1.95 bits per heavy atom. The Morgan fingerprint density at radius 1 is 1.29 bits per heavy atom. The van der Waals surface area contributed by atoms with Crippen LogP contribution in [0.4, 0.5) is 4.79 Å². The molecule has 1 aliphatic rings. The number of ether oxygens (including phenoxy) is 1. The van der Waals surface area contributed by atoms with E-state index in [1.807, 2.05) is 51.1 Å². The molecule has 1 atom stereocenters. The van der Waals surface area contributed by atoms with Crippen molar-refractivity contribution in [2.75, 3.05) is 13.2 Å². The SMILES string of the molecule is CC(C)(C)N1CCC(CCCO)(c2ccccc2)OC1=O. The number of hydrogen-bond donors (Lipinski definition) is 1. The summed E-state index contributed by atoms with van der Waals surface area (Å²) < 4.78 is 5.88. The first-order valence-electron chi connectivity index (χ1n) is 7.56. The molecule has 0 radical (unpaired) electrons. The van der Waals surface area contributed by atoms with Gasteiger partial charge in [0.05, 0.1) is 0 Å². The summed E-state index contributed by atoms with van der Waals surface area (Å²) in [6.07, 6.45) is 1.75. The molecule has 116 valence electrons. The van der Waals surface area contributed by atoms with Gasteiger partial charge in [-0.2, -0.15) is 0 Å². The van der Waals surface area contributed by atoms with E-state index in [1.165, 1.54) is 0 Å². The Kier molecular flexibility index (Phi) is 4.57. The summed E-state index contributed by atoms with van der Waals surface area (Å²) in [6.45, 7) is 6.81. The minimum atomic E-state index is -0.608. The average molecular weight is 291 g/mol. The van der Waals surface area contributed by atoms with Crippen molar-refractivity contribution in [1.29, 1.82) is 0 Å². The smallest absolute Gasteiger partial charge is 0.411 e. The van der Waals surface area contributed by atoms with Crippen molar-refractivity contribution in [3.8, 4) is 0 Å². The lowest BCUT2D eigenvalue weighted by Crippen LogP contribution is -2.54. The minimum Gasteiger partial charge on any atom is -0.438 e. The van der Waals surface area contributed by atoms with E-state index in [2.05, 4.69) is 0 Å². The van der Waals surface area contributed by atoms with Crippen LogP contribution in [0.2, 0.25) is 0 Å². The van der Waals surface area contributed by atoms with Gasteiger partial charge in [0.2, 0.25) is 0 Å². The monoisotopic (exact) mass is 291 g/mol. The fourth-order valence-electron chi connectivity index (χ4n) is 2.90. The molecule has 1 aromatic carbocycles. The van der Waals surface area contributed by atoms with Crippen LogP contribution in [0.3, 0.4) is 0 Å². The number of aliphatic hydroxyl groups excluding tert-OH is 1. The van der Waals surface area contributed by atoms with Crippen LogP contribution in [0.1, 0.15) is 45.6 Å². The summed E-state index contributed by atoms with van der Waals surface area (Å²) in [5.74, 6) is 0. The molecule has 1 heterocycles. The van der Waals surface area contributed by atoms with Gasteiger partial charge >= 0.3 is 6.09 Å². The number of benzene rings is 1. The second-order valence-corrected chi connectivity index (χ2v) is 6.63. The second kappa shape index (κ2) is 6.06. The zero-order chi connectivity index (χ0) is 15.5. The van der Waals surface area contributed by atoms with Crippen molar-refractivity contribution < 1.29 is 14.6 Å². The molecule has 21 heavy (non-hydrogen) atoms. The average Bonchev–Trinajstić information content (AvgIpc) is 2.45. The molecular formula is C17H25NO3. The summed E-state index contributed by atoms with van der Waals surface area (Å²) in [4.78, 5) is 14.2. The van der Waals surface area contributed by atoms with Crippen molar-refractivity contribution >= 4 is 6.09 Å². The molecule has 0 bridgehead atoms. The van der Waals surface area contributed by atoms with Gasteiger partial charge in [-0.3, -0.25) is 0 Å². The third kappa shape index (κ3) is 3.38. The molecule has 1 N–H and O–H groups in total. The first kappa shape index (κ1) is 15.8. The van der Waals surface area contributed by atoms with Crippen LogP contribution >= 0.6 is 0 Å². The quantitative estimate of drug-likeness (QED) is 0.926. The Bertz CT molecular complexity index is 481. The summed E-state index contributed by atoms with van der Waals surface area (Å²) in [5, 5.41) is 9.15. The highest BCUT2D eigenvalue weighted by molar-refractivity contribution is 5.70. The van der Waals surface area contributed by atoms with E-state index in [-0.39, 0.29) is 18.2 Å². The highest BCUT2D eigenvalue weighted by Crippen LogP contribution is 2.39. The molecule has 1 amide bonds. The van der Waals surface area contributed by atoms with Crippen molar-refractivity contribution in [2.45, 2.75) is 51.2 Å². The molecule has 0 saturated carbocycles. The maximum absolute atomic E-state index is 12.4. The number of rotatable bonds is 4. The number of nitrogens with zero attached hydrogens (tertiary/aromatic N) is 1. The fraction of sp³-hybridized carbons (Fsp3) is 0.588. The molecule has 0 aliphatic carbocycles. The van der Waals surface area contributed by atoms with Crippen LogP contribution in [0, 0.1) is 0 Å². The van der Waals surface area contributed by atoms with E-state index >= 15 is 0 Å². The minimum absolute atomic E-state index is 0.106. The highest BCUT2D eigenvalue weighted by Gasteiger charge is 2.44. The largest absolute Gasteiger partial charge is 0.438 e. The maximum Gasteiger partial charge on any atom is 0.411 e. The maximum atomic E-state index is 12.4. The zero-order valence-electron chi connectivity index (χ0n) is 13.1. The number of cyclic esters (lactones) is 1. The van der Waals surface area contributed by atoms with Crippen LogP contribution in [-0.4, -0.2) is 34.8 Å². The van der Waals surface area contributed by atoms with E-state index in [0.717, 1.165) is 12.0 Å². The molecule has 4 heteroatoms. The molecule has 1 fully saturated rings. The lowest BCUT2D eigenvalue weighted by Gasteiger charge is -2.46. The van der Waals surface area contributed by atoms with Crippen molar-refractivity contribution in [2.24, 2.45) is 0 Å². The van der Waals surface area contributed by atoms with Gasteiger partial charge in [-0.1, -0.05) is 30.3 Å². The third-order valence-electron chi connectivity index (χ3n) is 4.09. The van der Waals surface area contributed by atoms with E-state index < -0.39 is 5.60 Å². The molecule has 0 spiro atoms. The molecule has 1 saturated heterocycles. The van der Waals surface area contributed by atoms with Crippen LogP contribution in [-0.2, 0) is 10.3 Å². The fourth-order valence-corrected chi connectivity index (χ4v) is 2.90. The van der Waals surface area contributed by atoms with Crippen LogP contribution in [0.5, 0.6) is 0 Å². The van der Waals surface area contributed by atoms with E-state index in [9.17, 15) is 4.79 Å². The molecule has 1 aromatic rings. The molecule has 4 nitrogen and oxygen atoms in total. The van der Waals surface area contributed by atoms with E-state index in [1.54, 1.807) is 4.90 Å². The first-order chi connectivity index (χ1) is 9.89. The predicted octanol–water partition coefficient (Wildman–Crippen LogP) is 3.30. The van der Waals surface area contributed by atoms with Crippen molar-refractivity contribution in [1.82, 2.24) is 4.90 Å². The molecular weight excluding hydrogens is 266 g/mol. The lowest BCUT2D eigenvalue weighted by atomic mass is 9.84. The molecule has 0 aromatic heterocycles. The predicted molar refractivity (Wildman–Crippen MR) is 82.0 cm³/mol. The molecule has 1 unspecified atom stereocenters. The van der Waals surface area contributed by atoms with E-state index in [4.69, 9.17) is 9.84 Å². The van der Waals surface area contributed by atoms with Gasteiger partial charge < -0.3 is 14.7 Å². The number of aliphatic hydroxyl groups is 1. The zero-order valence-corrected chi connectivity index (χ0v) is 13.1. The van der Waals surface area contributed by atoms with Gasteiger partial charge in [0.15, 0.2) is 0 Å². The summed E-state index contributed by atoms with van der Waals surface area (Å²) in [5.41, 5.74) is 0.167. The number of hydrogen-bond acceptors (Lipinski definition) is 3.